The molecular formula is C31H35ClFN3O4. The van der Waals surface area contributed by atoms with Crippen LogP contribution in [0.3, 0.4) is 0 Å². The van der Waals surface area contributed by atoms with Crippen molar-refractivity contribution in [1.82, 2.24) is 9.80 Å². The zero-order valence-electron chi connectivity index (χ0n) is 22.9. The molecule has 9 heteroatoms. The minimum Gasteiger partial charge on any atom is -0.490 e. The summed E-state index contributed by atoms with van der Waals surface area (Å²) in [5.41, 5.74) is 0.837. The van der Waals surface area contributed by atoms with Crippen LogP contribution in [0.15, 0.2) is 78.9 Å². The normalized spacial score (nSPS) is 16.9. The Morgan fingerprint density at radius 3 is 2.42 bits per heavy atom. The molecule has 0 saturated carbocycles. The lowest BCUT2D eigenvalue weighted by Gasteiger charge is -2.42. The highest BCUT2D eigenvalue weighted by Crippen LogP contribution is 2.27. The molecule has 212 valence electrons. The van der Waals surface area contributed by atoms with Gasteiger partial charge in [-0.25, -0.2) is 4.39 Å². The number of anilines is 1. The highest BCUT2D eigenvalue weighted by atomic mass is 35.5. The minimum absolute atomic E-state index is 0.0433. The average Bonchev–Trinajstić information content (AvgIpc) is 2.96. The number of carbonyl (C=O) groups is 2. The lowest BCUT2D eigenvalue weighted by molar-refractivity contribution is -0.165. The van der Waals surface area contributed by atoms with Gasteiger partial charge in [-0.2, -0.15) is 0 Å². The second kappa shape index (κ2) is 13.6. The SMILES string of the molecule is CN(Cc1ccccc1)C(=O)C[C@]1(COc2ccc(Cl)cc2)CN(C(=O)CCN(C)c2ccc(F)cc2)CCO1. The maximum Gasteiger partial charge on any atom is 0.225 e. The van der Waals surface area contributed by atoms with Gasteiger partial charge in [0.05, 0.1) is 19.6 Å². The van der Waals surface area contributed by atoms with Crippen LogP contribution in [0.2, 0.25) is 5.02 Å². The molecule has 0 N–H and O–H groups in total. The van der Waals surface area contributed by atoms with Crippen LogP contribution < -0.4 is 9.64 Å². The summed E-state index contributed by atoms with van der Waals surface area (Å²) in [7, 11) is 3.63. The van der Waals surface area contributed by atoms with Gasteiger partial charge in [-0.05, 0) is 54.1 Å². The van der Waals surface area contributed by atoms with E-state index in [1.54, 1.807) is 53.2 Å². The van der Waals surface area contributed by atoms with Crippen molar-refractivity contribution < 1.29 is 23.5 Å². The number of morpholine rings is 1. The molecule has 3 aromatic rings. The van der Waals surface area contributed by atoms with Crippen molar-refractivity contribution >= 4 is 29.1 Å². The smallest absolute Gasteiger partial charge is 0.225 e. The molecular weight excluding hydrogens is 533 g/mol. The van der Waals surface area contributed by atoms with Gasteiger partial charge in [-0.15, -0.1) is 0 Å². The number of halogens is 2. The third kappa shape index (κ3) is 8.19. The molecule has 0 unspecified atom stereocenters. The lowest BCUT2D eigenvalue weighted by atomic mass is 9.96. The summed E-state index contributed by atoms with van der Waals surface area (Å²) < 4.78 is 25.6. The number of hydrogen-bond donors (Lipinski definition) is 0. The van der Waals surface area contributed by atoms with E-state index in [-0.39, 0.29) is 43.6 Å². The number of carbonyl (C=O) groups excluding carboxylic acids is 2. The fourth-order valence-corrected chi connectivity index (χ4v) is 4.78. The summed E-state index contributed by atoms with van der Waals surface area (Å²) in [5.74, 6) is 0.150. The second-order valence-corrected chi connectivity index (χ2v) is 10.6. The van der Waals surface area contributed by atoms with E-state index in [1.165, 1.54) is 12.1 Å². The molecule has 1 aliphatic heterocycles. The minimum atomic E-state index is -1.02. The van der Waals surface area contributed by atoms with Crippen LogP contribution in [0, 0.1) is 5.82 Å². The van der Waals surface area contributed by atoms with Gasteiger partial charge >= 0.3 is 0 Å². The predicted octanol–water partition coefficient (Wildman–Crippen LogP) is 5.03. The molecule has 4 rings (SSSR count). The Kier molecular flexibility index (Phi) is 10.0. The molecule has 0 aliphatic carbocycles. The van der Waals surface area contributed by atoms with E-state index in [1.807, 2.05) is 42.3 Å². The fraction of sp³-hybridized carbons (Fsp3) is 0.355. The Hall–Kier alpha value is -3.62. The van der Waals surface area contributed by atoms with Crippen LogP contribution in [-0.2, 0) is 20.9 Å². The average molecular weight is 568 g/mol. The molecule has 40 heavy (non-hydrogen) atoms. The molecule has 1 aliphatic rings. The zero-order valence-corrected chi connectivity index (χ0v) is 23.6. The summed E-state index contributed by atoms with van der Waals surface area (Å²) in [4.78, 5) is 32.0. The quantitative estimate of drug-likeness (QED) is 0.325. The molecule has 0 spiro atoms. The first-order valence-corrected chi connectivity index (χ1v) is 13.7. The number of nitrogens with zero attached hydrogens (tertiary/aromatic N) is 3. The molecule has 1 atom stereocenters. The summed E-state index contributed by atoms with van der Waals surface area (Å²) in [6.07, 6.45) is 0.326. The first kappa shape index (κ1) is 29.4. The van der Waals surface area contributed by atoms with E-state index in [4.69, 9.17) is 21.1 Å². The van der Waals surface area contributed by atoms with E-state index in [2.05, 4.69) is 0 Å². The molecule has 7 nitrogen and oxygen atoms in total. The molecule has 0 bridgehead atoms. The molecule has 1 fully saturated rings. The van der Waals surface area contributed by atoms with Gasteiger partial charge in [0.2, 0.25) is 11.8 Å². The summed E-state index contributed by atoms with van der Waals surface area (Å²) in [6, 6.07) is 22.9. The van der Waals surface area contributed by atoms with Crippen molar-refractivity contribution in [2.45, 2.75) is 25.0 Å². The monoisotopic (exact) mass is 567 g/mol. The first-order valence-electron chi connectivity index (χ1n) is 13.3. The van der Waals surface area contributed by atoms with Crippen molar-refractivity contribution in [3.8, 4) is 5.75 Å². The Balaban J connectivity index is 1.43. The van der Waals surface area contributed by atoms with Crippen LogP contribution >= 0.6 is 11.6 Å². The Morgan fingerprint density at radius 1 is 1.02 bits per heavy atom. The van der Waals surface area contributed by atoms with Gasteiger partial charge in [-0.3, -0.25) is 9.59 Å². The van der Waals surface area contributed by atoms with E-state index in [0.717, 1.165) is 11.3 Å². The third-order valence-electron chi connectivity index (χ3n) is 7.01. The van der Waals surface area contributed by atoms with Gasteiger partial charge in [0.25, 0.3) is 0 Å². The standard InChI is InChI=1S/C31H35ClFN3O4/c1-34(27-12-10-26(33)11-13-27)17-16-29(37)36-18-19-40-31(22-36,23-39-28-14-8-25(32)9-15-28)20-30(38)35(2)21-24-6-4-3-5-7-24/h3-15H,16-23H2,1-2H3/t31-/m1/s1. The largest absolute Gasteiger partial charge is 0.490 e. The van der Waals surface area contributed by atoms with E-state index in [9.17, 15) is 14.0 Å². The predicted molar refractivity (Wildman–Crippen MR) is 154 cm³/mol. The van der Waals surface area contributed by atoms with Crippen LogP contribution in [-0.4, -0.2) is 74.2 Å². The van der Waals surface area contributed by atoms with Crippen LogP contribution in [0.4, 0.5) is 10.1 Å². The summed E-state index contributed by atoms with van der Waals surface area (Å²) >= 11 is 6.02. The van der Waals surface area contributed by atoms with E-state index in [0.29, 0.717) is 37.0 Å². The number of rotatable bonds is 11. The molecule has 1 saturated heterocycles. The Morgan fingerprint density at radius 2 is 1.73 bits per heavy atom. The number of hydrogen-bond acceptors (Lipinski definition) is 5. The molecule has 1 heterocycles. The zero-order chi connectivity index (χ0) is 28.5. The van der Waals surface area contributed by atoms with Gasteiger partial charge in [0.15, 0.2) is 0 Å². The second-order valence-electron chi connectivity index (χ2n) is 10.1. The summed E-state index contributed by atoms with van der Waals surface area (Å²) in [5, 5.41) is 0.594. The highest BCUT2D eigenvalue weighted by molar-refractivity contribution is 6.30. The van der Waals surface area contributed by atoms with Gasteiger partial charge in [-0.1, -0.05) is 41.9 Å². The van der Waals surface area contributed by atoms with Gasteiger partial charge in [0.1, 0.15) is 23.8 Å². The van der Waals surface area contributed by atoms with E-state index >= 15 is 0 Å². The topological polar surface area (TPSA) is 62.3 Å². The van der Waals surface area contributed by atoms with Crippen molar-refractivity contribution in [3.63, 3.8) is 0 Å². The van der Waals surface area contributed by atoms with Gasteiger partial charge < -0.3 is 24.2 Å². The molecule has 0 radical (unpaired) electrons. The molecule has 3 aromatic carbocycles. The van der Waals surface area contributed by atoms with Crippen molar-refractivity contribution in [2.75, 3.05) is 51.8 Å². The fourth-order valence-electron chi connectivity index (χ4n) is 4.65. The van der Waals surface area contributed by atoms with Crippen molar-refractivity contribution in [3.05, 3.63) is 95.3 Å². The maximum absolute atomic E-state index is 13.4. The van der Waals surface area contributed by atoms with E-state index < -0.39 is 5.60 Å². The van der Waals surface area contributed by atoms with Gasteiger partial charge in [0, 0.05) is 50.9 Å². The van der Waals surface area contributed by atoms with Crippen LogP contribution in [0.1, 0.15) is 18.4 Å². The van der Waals surface area contributed by atoms with Crippen LogP contribution in [0.5, 0.6) is 5.75 Å². The highest BCUT2D eigenvalue weighted by Gasteiger charge is 2.42. The number of amides is 2. The number of benzene rings is 3. The lowest BCUT2D eigenvalue weighted by Crippen LogP contribution is -2.58. The first-order chi connectivity index (χ1) is 19.2. The third-order valence-corrected chi connectivity index (χ3v) is 7.26. The maximum atomic E-state index is 13.4. The van der Waals surface area contributed by atoms with Crippen molar-refractivity contribution in [1.29, 1.82) is 0 Å². The molecule has 2 amide bonds. The Bertz CT molecular complexity index is 1260. The Labute approximate surface area is 240 Å². The van der Waals surface area contributed by atoms with Crippen LogP contribution in [0.25, 0.3) is 0 Å². The molecule has 0 aromatic heterocycles. The number of ether oxygens (including phenoxy) is 2. The van der Waals surface area contributed by atoms with Crippen molar-refractivity contribution in [2.24, 2.45) is 0 Å². The summed E-state index contributed by atoms with van der Waals surface area (Å²) in [6.45, 7) is 1.97.